The van der Waals surface area contributed by atoms with Crippen LogP contribution in [0.5, 0.6) is 0 Å². The summed E-state index contributed by atoms with van der Waals surface area (Å²) in [5, 5.41) is 3.79. The molecule has 1 aliphatic carbocycles. The number of nitrogens with one attached hydrogen (secondary N) is 1. The maximum Gasteiger partial charge on any atom is 0.407 e. The molecule has 0 bridgehead atoms. The lowest BCUT2D eigenvalue weighted by Gasteiger charge is -2.34. The number of carbonyl (C=O) groups is 1. The van der Waals surface area contributed by atoms with E-state index in [9.17, 15) is 4.79 Å². The summed E-state index contributed by atoms with van der Waals surface area (Å²) >= 11 is 6.17. The van der Waals surface area contributed by atoms with Gasteiger partial charge in [-0.1, -0.05) is 54.6 Å². The van der Waals surface area contributed by atoms with Crippen molar-refractivity contribution in [1.29, 1.82) is 0 Å². The predicted molar refractivity (Wildman–Crippen MR) is 107 cm³/mol. The van der Waals surface area contributed by atoms with Crippen molar-refractivity contribution >= 4 is 23.8 Å². The van der Waals surface area contributed by atoms with Gasteiger partial charge in [-0.05, 0) is 60.6 Å². The Morgan fingerprint density at radius 1 is 1.35 bits per heavy atom. The number of rotatable bonds is 5. The molecule has 0 saturated carbocycles. The van der Waals surface area contributed by atoms with Gasteiger partial charge in [-0.3, -0.25) is 0 Å². The Labute approximate surface area is 160 Å². The molecule has 1 amide bonds. The third kappa shape index (κ3) is 4.28. The zero-order chi connectivity index (χ0) is 18.5. The molecule has 2 aromatic carbocycles. The van der Waals surface area contributed by atoms with E-state index >= 15 is 0 Å². The summed E-state index contributed by atoms with van der Waals surface area (Å²) in [6, 6.07) is 14.4. The van der Waals surface area contributed by atoms with E-state index in [0.29, 0.717) is 6.61 Å². The molecule has 136 valence electrons. The number of fused-ring (bicyclic) bond motifs is 1. The van der Waals surface area contributed by atoms with Crippen LogP contribution in [0, 0.1) is 0 Å². The molecule has 0 spiro atoms. The molecule has 0 heterocycles. The van der Waals surface area contributed by atoms with E-state index in [1.807, 2.05) is 31.2 Å². The third-order valence-electron chi connectivity index (χ3n) is 4.94. The van der Waals surface area contributed by atoms with E-state index in [0.717, 1.165) is 35.4 Å². The average Bonchev–Trinajstić information content (AvgIpc) is 2.63. The number of ether oxygens (including phenoxy) is 1. The van der Waals surface area contributed by atoms with Gasteiger partial charge in [0.1, 0.15) is 0 Å². The Morgan fingerprint density at radius 3 is 2.92 bits per heavy atom. The second-order valence-electron chi connectivity index (χ2n) is 6.61. The summed E-state index contributed by atoms with van der Waals surface area (Å²) in [6.45, 7) is 6.07. The summed E-state index contributed by atoms with van der Waals surface area (Å²) in [7, 11) is 0. The van der Waals surface area contributed by atoms with Gasteiger partial charge in [-0.25, -0.2) is 4.79 Å². The SMILES string of the molecule is C=Cc1ccc2c(c1)C(Cc1cccc(Cl)c1)C(NC(=O)OCC)CC2. The number of amides is 1. The third-order valence-corrected chi connectivity index (χ3v) is 5.17. The number of hydrogen-bond acceptors (Lipinski definition) is 2. The van der Waals surface area contributed by atoms with Crippen LogP contribution in [0.4, 0.5) is 4.79 Å². The number of halogens is 1. The molecular weight excluding hydrogens is 346 g/mol. The molecule has 3 nitrogen and oxygen atoms in total. The maximum absolute atomic E-state index is 12.0. The van der Waals surface area contributed by atoms with Crippen LogP contribution < -0.4 is 5.32 Å². The van der Waals surface area contributed by atoms with Gasteiger partial charge in [0.2, 0.25) is 0 Å². The molecule has 3 rings (SSSR count). The van der Waals surface area contributed by atoms with Crippen LogP contribution in [0.25, 0.3) is 6.08 Å². The smallest absolute Gasteiger partial charge is 0.407 e. The molecule has 1 N–H and O–H groups in total. The van der Waals surface area contributed by atoms with Gasteiger partial charge in [0.05, 0.1) is 6.61 Å². The zero-order valence-electron chi connectivity index (χ0n) is 15.0. The normalized spacial score (nSPS) is 18.7. The second kappa shape index (κ2) is 8.41. The molecule has 0 radical (unpaired) electrons. The van der Waals surface area contributed by atoms with Gasteiger partial charge in [-0.2, -0.15) is 0 Å². The highest BCUT2D eigenvalue weighted by Crippen LogP contribution is 2.36. The minimum absolute atomic E-state index is 0.0283. The van der Waals surface area contributed by atoms with E-state index in [1.165, 1.54) is 11.1 Å². The van der Waals surface area contributed by atoms with Crippen molar-refractivity contribution in [1.82, 2.24) is 5.32 Å². The Morgan fingerprint density at radius 2 is 2.19 bits per heavy atom. The van der Waals surface area contributed by atoms with Gasteiger partial charge in [0.15, 0.2) is 0 Å². The molecule has 0 aromatic heterocycles. The monoisotopic (exact) mass is 369 g/mol. The van der Waals surface area contributed by atoms with Gasteiger partial charge in [-0.15, -0.1) is 0 Å². The van der Waals surface area contributed by atoms with Gasteiger partial charge in [0.25, 0.3) is 0 Å². The van der Waals surface area contributed by atoms with Crippen molar-refractivity contribution in [3.05, 3.63) is 76.3 Å². The lowest BCUT2D eigenvalue weighted by molar-refractivity contribution is 0.144. The maximum atomic E-state index is 12.0. The molecule has 0 fully saturated rings. The van der Waals surface area contributed by atoms with Crippen LogP contribution in [0.15, 0.2) is 49.0 Å². The first kappa shape index (κ1) is 18.5. The highest BCUT2D eigenvalue weighted by Gasteiger charge is 2.31. The number of alkyl carbamates (subject to hydrolysis) is 1. The van der Waals surface area contributed by atoms with E-state index < -0.39 is 0 Å². The van der Waals surface area contributed by atoms with Crippen molar-refractivity contribution in [2.45, 2.75) is 38.1 Å². The first-order chi connectivity index (χ1) is 12.6. The van der Waals surface area contributed by atoms with E-state index in [1.54, 1.807) is 0 Å². The van der Waals surface area contributed by atoms with E-state index in [2.05, 4.69) is 36.2 Å². The largest absolute Gasteiger partial charge is 0.450 e. The first-order valence-electron chi connectivity index (χ1n) is 9.03. The Kier molecular flexibility index (Phi) is 6.00. The lowest BCUT2D eigenvalue weighted by atomic mass is 9.75. The summed E-state index contributed by atoms with van der Waals surface area (Å²) in [5.74, 6) is 0.168. The topological polar surface area (TPSA) is 38.3 Å². The predicted octanol–water partition coefficient (Wildman–Crippen LogP) is 5.37. The average molecular weight is 370 g/mol. The quantitative estimate of drug-likeness (QED) is 0.769. The van der Waals surface area contributed by atoms with Crippen LogP contribution >= 0.6 is 11.6 Å². The molecule has 0 saturated heterocycles. The fourth-order valence-corrected chi connectivity index (χ4v) is 3.92. The van der Waals surface area contributed by atoms with Crippen LogP contribution in [-0.2, 0) is 17.6 Å². The lowest BCUT2D eigenvalue weighted by Crippen LogP contribution is -2.43. The van der Waals surface area contributed by atoms with E-state index in [4.69, 9.17) is 16.3 Å². The molecular formula is C22H24ClNO2. The number of aryl methyl sites for hydroxylation is 1. The molecule has 4 heteroatoms. The molecule has 0 aliphatic heterocycles. The summed E-state index contributed by atoms with van der Waals surface area (Å²) < 4.78 is 5.11. The van der Waals surface area contributed by atoms with Crippen molar-refractivity contribution in [3.8, 4) is 0 Å². The fraction of sp³-hybridized carbons (Fsp3) is 0.318. The number of carbonyl (C=O) groups excluding carboxylic acids is 1. The van der Waals surface area contributed by atoms with Gasteiger partial charge < -0.3 is 10.1 Å². The summed E-state index contributed by atoms with van der Waals surface area (Å²) in [6.07, 6.45) is 4.15. The number of benzene rings is 2. The molecule has 2 aromatic rings. The first-order valence-corrected chi connectivity index (χ1v) is 9.41. The van der Waals surface area contributed by atoms with Crippen LogP contribution in [0.1, 0.15) is 41.5 Å². The second-order valence-corrected chi connectivity index (χ2v) is 7.05. The van der Waals surface area contributed by atoms with Crippen molar-refractivity contribution in [3.63, 3.8) is 0 Å². The molecule has 26 heavy (non-hydrogen) atoms. The Hall–Kier alpha value is -2.26. The fourth-order valence-electron chi connectivity index (χ4n) is 3.71. The standard InChI is InChI=1S/C22H24ClNO2/c1-3-15-8-9-17-10-11-21(24-22(25)26-4-2)20(19(17)13-15)14-16-6-5-7-18(23)12-16/h3,5-9,12-13,20-21H,1,4,10-11,14H2,2H3,(H,24,25). The molecule has 2 unspecified atom stereocenters. The van der Waals surface area contributed by atoms with Crippen LogP contribution in [0.2, 0.25) is 5.02 Å². The highest BCUT2D eigenvalue weighted by atomic mass is 35.5. The van der Waals surface area contributed by atoms with Crippen LogP contribution in [-0.4, -0.2) is 18.7 Å². The van der Waals surface area contributed by atoms with Crippen LogP contribution in [0.3, 0.4) is 0 Å². The minimum Gasteiger partial charge on any atom is -0.450 e. The molecule has 1 aliphatic rings. The van der Waals surface area contributed by atoms with Gasteiger partial charge >= 0.3 is 6.09 Å². The Bertz CT molecular complexity index is 802. The van der Waals surface area contributed by atoms with Crippen molar-refractivity contribution in [2.75, 3.05) is 6.61 Å². The van der Waals surface area contributed by atoms with E-state index in [-0.39, 0.29) is 18.1 Å². The van der Waals surface area contributed by atoms with Crippen molar-refractivity contribution in [2.24, 2.45) is 0 Å². The van der Waals surface area contributed by atoms with Crippen molar-refractivity contribution < 1.29 is 9.53 Å². The summed E-state index contributed by atoms with van der Waals surface area (Å²) in [5.41, 5.74) is 4.87. The van der Waals surface area contributed by atoms with Gasteiger partial charge in [0, 0.05) is 17.0 Å². The summed E-state index contributed by atoms with van der Waals surface area (Å²) in [4.78, 5) is 12.0. The zero-order valence-corrected chi connectivity index (χ0v) is 15.8. The Balaban J connectivity index is 1.94. The highest BCUT2D eigenvalue weighted by molar-refractivity contribution is 6.30. The number of hydrogen-bond donors (Lipinski definition) is 1. The minimum atomic E-state index is -0.350. The molecule has 2 atom stereocenters.